The Labute approximate surface area is 110 Å². The lowest BCUT2D eigenvalue weighted by molar-refractivity contribution is 0.0739. The van der Waals surface area contributed by atoms with Gasteiger partial charge in [0.2, 0.25) is 0 Å². The van der Waals surface area contributed by atoms with E-state index in [0.29, 0.717) is 6.54 Å². The van der Waals surface area contributed by atoms with Crippen LogP contribution in [0.3, 0.4) is 0 Å². The van der Waals surface area contributed by atoms with Crippen molar-refractivity contribution in [2.45, 2.75) is 13.0 Å². The number of anilines is 1. The highest BCUT2D eigenvalue weighted by Crippen LogP contribution is 2.23. The van der Waals surface area contributed by atoms with Crippen LogP contribution in [-0.2, 0) is 13.0 Å². The molecule has 0 saturated carbocycles. The van der Waals surface area contributed by atoms with Crippen LogP contribution in [-0.4, -0.2) is 17.4 Å². The summed E-state index contributed by atoms with van der Waals surface area (Å²) in [5, 5.41) is 1.93. The molecule has 1 aromatic carbocycles. The van der Waals surface area contributed by atoms with Gasteiger partial charge >= 0.3 is 0 Å². The second-order valence-electron chi connectivity index (χ2n) is 4.48. The lowest BCUT2D eigenvalue weighted by atomic mass is 9.99. The van der Waals surface area contributed by atoms with Crippen LogP contribution in [0.15, 0.2) is 35.7 Å². The monoisotopic (exact) mass is 258 g/mol. The van der Waals surface area contributed by atoms with Gasteiger partial charge in [0.25, 0.3) is 5.91 Å². The maximum atomic E-state index is 12.3. The Bertz CT molecular complexity index is 577. The Balaban J connectivity index is 1.84. The molecule has 0 bridgehead atoms. The molecule has 1 aliphatic heterocycles. The van der Waals surface area contributed by atoms with Crippen molar-refractivity contribution in [3.05, 3.63) is 51.7 Å². The summed E-state index contributed by atoms with van der Waals surface area (Å²) in [6.45, 7) is 1.45. The van der Waals surface area contributed by atoms with Gasteiger partial charge < -0.3 is 10.6 Å². The predicted molar refractivity (Wildman–Crippen MR) is 73.6 cm³/mol. The van der Waals surface area contributed by atoms with Gasteiger partial charge in [-0.1, -0.05) is 12.1 Å². The van der Waals surface area contributed by atoms with Gasteiger partial charge in [0.1, 0.15) is 0 Å². The predicted octanol–water partition coefficient (Wildman–Crippen LogP) is 2.53. The number of hydrogen-bond donors (Lipinski definition) is 1. The van der Waals surface area contributed by atoms with Crippen molar-refractivity contribution in [2.24, 2.45) is 0 Å². The molecule has 3 nitrogen and oxygen atoms in total. The zero-order valence-corrected chi connectivity index (χ0v) is 10.7. The highest BCUT2D eigenvalue weighted by atomic mass is 32.1. The molecule has 1 aliphatic rings. The SMILES string of the molecule is Nc1ccc2c(c1)CN(C(=O)c1cccs1)CC2. The normalized spacial score (nSPS) is 14.3. The smallest absolute Gasteiger partial charge is 0.264 e. The largest absolute Gasteiger partial charge is 0.399 e. The van der Waals surface area contributed by atoms with Gasteiger partial charge in [-0.15, -0.1) is 11.3 Å². The quantitative estimate of drug-likeness (QED) is 0.799. The van der Waals surface area contributed by atoms with Crippen LogP contribution in [0, 0.1) is 0 Å². The first-order chi connectivity index (χ1) is 8.74. The van der Waals surface area contributed by atoms with Crippen molar-refractivity contribution in [1.29, 1.82) is 0 Å². The molecule has 2 heterocycles. The van der Waals surface area contributed by atoms with Crippen LogP contribution in [0.1, 0.15) is 20.8 Å². The molecule has 0 atom stereocenters. The zero-order chi connectivity index (χ0) is 12.5. The van der Waals surface area contributed by atoms with E-state index in [0.717, 1.165) is 23.5 Å². The number of fused-ring (bicyclic) bond motifs is 1. The number of hydrogen-bond acceptors (Lipinski definition) is 3. The zero-order valence-electron chi connectivity index (χ0n) is 9.93. The van der Waals surface area contributed by atoms with E-state index in [1.54, 1.807) is 0 Å². The molecule has 0 fully saturated rings. The Hall–Kier alpha value is -1.81. The molecular weight excluding hydrogens is 244 g/mol. The van der Waals surface area contributed by atoms with E-state index in [4.69, 9.17) is 5.73 Å². The molecule has 0 aliphatic carbocycles. The fraction of sp³-hybridized carbons (Fsp3) is 0.214. The van der Waals surface area contributed by atoms with Crippen LogP contribution < -0.4 is 5.73 Å². The van der Waals surface area contributed by atoms with Crippen LogP contribution >= 0.6 is 11.3 Å². The third-order valence-corrected chi connectivity index (χ3v) is 4.12. The average molecular weight is 258 g/mol. The minimum Gasteiger partial charge on any atom is -0.399 e. The number of nitrogens with zero attached hydrogens (tertiary/aromatic N) is 1. The van der Waals surface area contributed by atoms with E-state index in [-0.39, 0.29) is 5.91 Å². The number of rotatable bonds is 1. The first-order valence-corrected chi connectivity index (χ1v) is 6.82. The van der Waals surface area contributed by atoms with Crippen molar-refractivity contribution >= 4 is 22.9 Å². The molecule has 92 valence electrons. The Morgan fingerprint density at radius 2 is 2.17 bits per heavy atom. The molecule has 18 heavy (non-hydrogen) atoms. The molecule has 1 aromatic heterocycles. The maximum absolute atomic E-state index is 12.3. The third-order valence-electron chi connectivity index (χ3n) is 3.26. The summed E-state index contributed by atoms with van der Waals surface area (Å²) < 4.78 is 0. The molecule has 0 saturated heterocycles. The van der Waals surface area contributed by atoms with Crippen LogP contribution in [0.5, 0.6) is 0 Å². The second-order valence-corrected chi connectivity index (χ2v) is 5.43. The highest BCUT2D eigenvalue weighted by Gasteiger charge is 2.22. The fourth-order valence-electron chi connectivity index (χ4n) is 2.31. The van der Waals surface area contributed by atoms with Gasteiger partial charge in [-0.3, -0.25) is 4.79 Å². The molecule has 3 rings (SSSR count). The van der Waals surface area contributed by atoms with E-state index < -0.39 is 0 Å². The van der Waals surface area contributed by atoms with Gasteiger partial charge in [-0.25, -0.2) is 0 Å². The van der Waals surface area contributed by atoms with Gasteiger partial charge in [0.05, 0.1) is 4.88 Å². The summed E-state index contributed by atoms with van der Waals surface area (Å²) in [7, 11) is 0. The van der Waals surface area contributed by atoms with E-state index in [1.165, 1.54) is 22.5 Å². The molecule has 2 aromatic rings. The van der Waals surface area contributed by atoms with Crippen molar-refractivity contribution in [1.82, 2.24) is 4.90 Å². The van der Waals surface area contributed by atoms with Gasteiger partial charge in [-0.2, -0.15) is 0 Å². The topological polar surface area (TPSA) is 46.3 Å². The summed E-state index contributed by atoms with van der Waals surface area (Å²) in [6, 6.07) is 9.76. The molecule has 4 heteroatoms. The number of nitrogen functional groups attached to an aromatic ring is 1. The first-order valence-electron chi connectivity index (χ1n) is 5.94. The molecule has 0 radical (unpaired) electrons. The lowest BCUT2D eigenvalue weighted by Crippen LogP contribution is -2.35. The summed E-state index contributed by atoms with van der Waals surface area (Å²) in [6.07, 6.45) is 0.909. The molecule has 0 spiro atoms. The molecule has 2 N–H and O–H groups in total. The van der Waals surface area contributed by atoms with Gasteiger partial charge in [-0.05, 0) is 41.1 Å². The molecule has 0 unspecified atom stereocenters. The van der Waals surface area contributed by atoms with E-state index in [9.17, 15) is 4.79 Å². The van der Waals surface area contributed by atoms with Gasteiger partial charge in [0, 0.05) is 18.8 Å². The van der Waals surface area contributed by atoms with Crippen molar-refractivity contribution in [3.8, 4) is 0 Å². The van der Waals surface area contributed by atoms with Crippen molar-refractivity contribution in [2.75, 3.05) is 12.3 Å². The molecular formula is C14H14N2OS. The van der Waals surface area contributed by atoms with Crippen molar-refractivity contribution < 1.29 is 4.79 Å². The van der Waals surface area contributed by atoms with Crippen molar-refractivity contribution in [3.63, 3.8) is 0 Å². The standard InChI is InChI=1S/C14H14N2OS/c15-12-4-3-10-5-6-16(9-11(10)8-12)14(17)13-2-1-7-18-13/h1-4,7-8H,5-6,9,15H2. The Morgan fingerprint density at radius 3 is 2.94 bits per heavy atom. The summed E-state index contributed by atoms with van der Waals surface area (Å²) >= 11 is 1.49. The number of nitrogens with two attached hydrogens (primary N) is 1. The summed E-state index contributed by atoms with van der Waals surface area (Å²) in [5.41, 5.74) is 9.04. The van der Waals surface area contributed by atoms with Crippen LogP contribution in [0.25, 0.3) is 0 Å². The Kier molecular flexibility index (Phi) is 2.80. The number of amides is 1. The number of carbonyl (C=O) groups is 1. The first kappa shape index (κ1) is 11.3. The fourth-order valence-corrected chi connectivity index (χ4v) is 3.00. The lowest BCUT2D eigenvalue weighted by Gasteiger charge is -2.28. The number of benzene rings is 1. The minimum absolute atomic E-state index is 0.123. The van der Waals surface area contributed by atoms with Crippen LogP contribution in [0.4, 0.5) is 5.69 Å². The third kappa shape index (κ3) is 1.99. The molecule has 1 amide bonds. The van der Waals surface area contributed by atoms with Gasteiger partial charge in [0.15, 0.2) is 0 Å². The average Bonchev–Trinajstić information content (AvgIpc) is 2.90. The highest BCUT2D eigenvalue weighted by molar-refractivity contribution is 7.12. The Morgan fingerprint density at radius 1 is 1.28 bits per heavy atom. The summed E-state index contributed by atoms with van der Waals surface area (Å²) in [4.78, 5) is 15.0. The van der Waals surface area contributed by atoms with E-state index >= 15 is 0 Å². The summed E-state index contributed by atoms with van der Waals surface area (Å²) in [5.74, 6) is 0.123. The number of carbonyl (C=O) groups excluding carboxylic acids is 1. The van der Waals surface area contributed by atoms with Crippen LogP contribution in [0.2, 0.25) is 0 Å². The maximum Gasteiger partial charge on any atom is 0.264 e. The minimum atomic E-state index is 0.123. The second kappa shape index (κ2) is 4.46. The number of thiophene rings is 1. The van der Waals surface area contributed by atoms with E-state index in [1.807, 2.05) is 34.5 Å². The van der Waals surface area contributed by atoms with E-state index in [2.05, 4.69) is 6.07 Å².